The number of nitrogens with one attached hydrogen (secondary N) is 2. The van der Waals surface area contributed by atoms with Crippen molar-refractivity contribution in [2.45, 2.75) is 171 Å². The van der Waals surface area contributed by atoms with E-state index in [1.54, 1.807) is 58.0 Å². The molecule has 10 aromatic heterocycles. The Bertz CT molecular complexity index is 4410. The molecule has 1 aliphatic heterocycles. The maximum absolute atomic E-state index is 12.8. The third-order valence-electron chi connectivity index (χ3n) is 14.5. The lowest BCUT2D eigenvalue weighted by Gasteiger charge is -2.09. The first-order valence-corrected chi connectivity index (χ1v) is 33.5. The van der Waals surface area contributed by atoms with Crippen LogP contribution in [0.25, 0.3) is 33.5 Å². The molecule has 0 aromatic carbocycles. The lowest BCUT2D eigenvalue weighted by Crippen LogP contribution is -2.39. The van der Waals surface area contributed by atoms with Gasteiger partial charge in [0.05, 0.1) is 41.6 Å². The molecule has 0 fully saturated rings. The fraction of sp³-hybridized carbons (Fsp3) is 0.525. The summed E-state index contributed by atoms with van der Waals surface area (Å²) in [5.41, 5.74) is 3.27. The normalized spacial score (nSPS) is 11.4. The Morgan fingerprint density at radius 2 is 0.880 bits per heavy atom. The number of nitrogens with zero attached hydrogens (tertiary/aromatic N) is 16. The van der Waals surface area contributed by atoms with Crippen LogP contribution in [0.2, 0.25) is 0 Å². The molecule has 29 nitrogen and oxygen atoms in total. The number of rotatable bonds is 21. The predicted molar refractivity (Wildman–Crippen MR) is 365 cm³/mol. The minimum atomic E-state index is -0.436. The van der Waals surface area contributed by atoms with Crippen LogP contribution in [0.15, 0.2) is 94.1 Å². The van der Waals surface area contributed by atoms with Crippen LogP contribution in [0.3, 0.4) is 0 Å². The average Bonchev–Trinajstić information content (AvgIpc) is 1.55. The number of unbranched alkanes of at least 4 members (excludes halogenated alkanes) is 3. The van der Waals surface area contributed by atoms with Crippen molar-refractivity contribution in [1.82, 2.24) is 81.5 Å². The molecule has 0 amide bonds. The monoisotopic (exact) mass is 1450 g/mol. The van der Waals surface area contributed by atoms with Gasteiger partial charge in [0.1, 0.15) is 23.1 Å². The number of H-pyrrole nitrogens is 2. The third-order valence-corrected chi connectivity index (χ3v) is 16.1. The first-order valence-electron chi connectivity index (χ1n) is 30.8. The summed E-state index contributed by atoms with van der Waals surface area (Å²) in [5, 5.41) is 12.6. The van der Waals surface area contributed by atoms with Gasteiger partial charge in [0.15, 0.2) is 33.5 Å². The van der Waals surface area contributed by atoms with Crippen molar-refractivity contribution in [3.05, 3.63) is 160 Å². The summed E-state index contributed by atoms with van der Waals surface area (Å²) in [5.74, 6) is 3.13. The summed E-state index contributed by atoms with van der Waals surface area (Å²) < 4.78 is 30.3. The fourth-order valence-corrected chi connectivity index (χ4v) is 10.2. The van der Waals surface area contributed by atoms with Gasteiger partial charge in [0.2, 0.25) is 0 Å². The topological polar surface area (TPSA) is 342 Å². The van der Waals surface area contributed by atoms with E-state index < -0.39 is 11.4 Å². The first-order chi connectivity index (χ1) is 44.1. The fourth-order valence-electron chi connectivity index (χ4n) is 9.82. The molecule has 498 valence electrons. The van der Waals surface area contributed by atoms with Gasteiger partial charge in [-0.25, -0.2) is 39.1 Å². The second kappa shape index (κ2) is 35.5. The highest BCUT2D eigenvalue weighted by Gasteiger charge is 2.19. The van der Waals surface area contributed by atoms with E-state index in [9.17, 15) is 38.4 Å². The first kappa shape index (κ1) is 72.7. The van der Waals surface area contributed by atoms with Gasteiger partial charge in [-0.1, -0.05) is 81.7 Å². The molecule has 31 heteroatoms. The van der Waals surface area contributed by atoms with Crippen molar-refractivity contribution in [3.8, 4) is 0 Å². The number of aliphatic imine (C=N–C) groups is 1. The van der Waals surface area contributed by atoms with Crippen molar-refractivity contribution in [3.63, 3.8) is 0 Å². The molecule has 11 rings (SSSR count). The molecule has 2 N–H and O–H groups in total. The van der Waals surface area contributed by atoms with Crippen LogP contribution in [-0.4, -0.2) is 97.5 Å². The molecule has 0 bridgehead atoms. The number of hydrogen-bond acceptors (Lipinski definition) is 18. The van der Waals surface area contributed by atoms with E-state index in [1.165, 1.54) is 51.1 Å². The maximum Gasteiger partial charge on any atom is 0.332 e. The third kappa shape index (κ3) is 18.7. The van der Waals surface area contributed by atoms with E-state index in [1.807, 2.05) is 68.9 Å². The van der Waals surface area contributed by atoms with Gasteiger partial charge >= 0.3 is 22.8 Å². The zero-order valence-electron chi connectivity index (χ0n) is 54.3. The maximum atomic E-state index is 12.8. The number of aromatic nitrogens is 17. The molecule has 0 aliphatic carbocycles. The van der Waals surface area contributed by atoms with Crippen molar-refractivity contribution in [2.75, 3.05) is 9.76 Å². The molecular weight excluding hydrogens is 1370 g/mol. The van der Waals surface area contributed by atoms with Crippen LogP contribution in [0.4, 0.5) is 5.82 Å². The number of alkyl halides is 2. The summed E-state index contributed by atoms with van der Waals surface area (Å²) in [6.45, 7) is 16.9. The molecule has 0 unspecified atom stereocenters. The average molecular weight is 1450 g/mol. The molecular formula is C61H84BrIN18O11. The smallest absolute Gasteiger partial charge is 0.332 e. The predicted octanol–water partition coefficient (Wildman–Crippen LogP) is 6.95. The number of aromatic amines is 2. The SMILES string of the molecule is CCCI.CCCn1cnc2c1c(=O)[nH]c(=O)n2C.CCCn1cnc2c1c(=O)n(CCCCc1cc(C)no1)c(=O)n2C.CCCn1cnc2c1c(=O)n(CCCCc1cc(C)no1)c(=O)n2C.Cc1cc(CCCCBr)on1.Cn1c2c(c(=O)[nH]c1=O)CC=N2. The highest BCUT2D eigenvalue weighted by molar-refractivity contribution is 14.1. The zero-order chi connectivity index (χ0) is 67.2. The van der Waals surface area contributed by atoms with Crippen LogP contribution >= 0.6 is 38.5 Å². The Balaban J connectivity index is 0.000000187. The van der Waals surface area contributed by atoms with Gasteiger partial charge in [0, 0.05) is 116 Å². The van der Waals surface area contributed by atoms with E-state index in [4.69, 9.17) is 13.6 Å². The van der Waals surface area contributed by atoms with Gasteiger partial charge < -0.3 is 27.3 Å². The largest absolute Gasteiger partial charge is 0.361 e. The second-order valence-corrected chi connectivity index (χ2v) is 23.8. The van der Waals surface area contributed by atoms with E-state index >= 15 is 0 Å². The molecule has 1 aliphatic rings. The minimum absolute atomic E-state index is 0.264. The summed E-state index contributed by atoms with van der Waals surface area (Å²) in [6.07, 6.45) is 18.9. The summed E-state index contributed by atoms with van der Waals surface area (Å²) >= 11 is 5.73. The molecule has 0 spiro atoms. The number of fused-ring (bicyclic) bond motifs is 4. The molecule has 10 aromatic rings. The van der Waals surface area contributed by atoms with E-state index in [0.717, 1.165) is 97.6 Å². The minimum Gasteiger partial charge on any atom is -0.361 e. The molecule has 0 saturated carbocycles. The Morgan fingerprint density at radius 1 is 0.500 bits per heavy atom. The Hall–Kier alpha value is -8.36. The Kier molecular flexibility index (Phi) is 28.0. The Labute approximate surface area is 550 Å². The molecule has 0 atom stereocenters. The number of halogens is 2. The van der Waals surface area contributed by atoms with Crippen LogP contribution in [0.5, 0.6) is 0 Å². The number of aryl methyl sites for hydroxylation is 12. The van der Waals surface area contributed by atoms with Crippen LogP contribution < -0.4 is 45.0 Å². The highest BCUT2D eigenvalue weighted by Crippen LogP contribution is 2.17. The molecule has 92 heavy (non-hydrogen) atoms. The lowest BCUT2D eigenvalue weighted by molar-refractivity contribution is 0.374. The van der Waals surface area contributed by atoms with Crippen LogP contribution in [0, 0.1) is 20.8 Å². The molecule has 0 radical (unpaired) electrons. The lowest BCUT2D eigenvalue weighted by atomic mass is 10.2. The van der Waals surface area contributed by atoms with Crippen LogP contribution in [-0.2, 0) is 86.6 Å². The van der Waals surface area contributed by atoms with Gasteiger partial charge in [-0.3, -0.25) is 56.5 Å². The van der Waals surface area contributed by atoms with Gasteiger partial charge in [-0.05, 0) is 89.4 Å². The highest BCUT2D eigenvalue weighted by atomic mass is 127. The van der Waals surface area contributed by atoms with Crippen molar-refractivity contribution in [1.29, 1.82) is 0 Å². The van der Waals surface area contributed by atoms with Gasteiger partial charge in [-0.15, -0.1) is 0 Å². The van der Waals surface area contributed by atoms with Crippen molar-refractivity contribution in [2.24, 2.45) is 33.2 Å². The molecule has 0 saturated heterocycles. The summed E-state index contributed by atoms with van der Waals surface area (Å²) in [6, 6.07) is 5.80. The van der Waals surface area contributed by atoms with Gasteiger partial charge in [-0.2, -0.15) is 0 Å². The van der Waals surface area contributed by atoms with Crippen molar-refractivity contribution >= 4 is 84.0 Å². The van der Waals surface area contributed by atoms with Crippen molar-refractivity contribution < 1.29 is 13.6 Å². The zero-order valence-corrected chi connectivity index (χ0v) is 58.0. The van der Waals surface area contributed by atoms with E-state index in [2.05, 4.69) is 90.8 Å². The van der Waals surface area contributed by atoms with E-state index in [0.29, 0.717) is 90.3 Å². The quantitative estimate of drug-likeness (QED) is 0.0417. The number of hydrogen-bond donors (Lipinski definition) is 2. The Morgan fingerprint density at radius 3 is 1.26 bits per heavy atom. The molecule has 11 heterocycles. The standard InChI is InChI=1S/2C17H23N5O3.C9H12N4O2.C8H12BrNO.C7H7N3O2.C3H7I/c2*1-4-8-21-11-18-15-14(21)16(23)22(17(24)20(15)3)9-6-5-7-13-10-12(2)19-25-13;1-3-4-13-5-10-7-6(13)8(14)11-9(15)12(7)2;1-7-6-8(11-10-7)4-2-3-5-9;1-10-5-4(2-3-8-5)6(11)9-7(10)12;1-2-3-4/h2*10-11H,4-9H2,1-3H3;5H,3-4H2,1-2H3,(H,11,14,15);6H,2-5H2,1H3;3H,2H2,1H3,(H,9,11,12);2-3H2,1H3. The van der Waals surface area contributed by atoms with Gasteiger partial charge in [0.25, 0.3) is 22.2 Å². The van der Waals surface area contributed by atoms with E-state index in [-0.39, 0.29) is 33.6 Å². The second-order valence-electron chi connectivity index (χ2n) is 21.9. The van der Waals surface area contributed by atoms with Crippen LogP contribution in [0.1, 0.15) is 132 Å². The number of imidazole rings is 3. The summed E-state index contributed by atoms with van der Waals surface area (Å²) in [4.78, 5) is 117. The summed E-state index contributed by atoms with van der Waals surface area (Å²) in [7, 11) is 6.48.